The minimum Gasteiger partial charge on any atom is -0.496 e. The molecular formula is C26H30F3NO. The van der Waals surface area contributed by atoms with Crippen LogP contribution in [0.25, 0.3) is 11.1 Å². The molecule has 3 aliphatic rings. The second-order valence-corrected chi connectivity index (χ2v) is 9.58. The van der Waals surface area contributed by atoms with Gasteiger partial charge in [-0.1, -0.05) is 24.6 Å². The summed E-state index contributed by atoms with van der Waals surface area (Å²) in [5, 5.41) is 0. The molecule has 2 aliphatic carbocycles. The quantitative estimate of drug-likeness (QED) is 0.533. The van der Waals surface area contributed by atoms with Crippen LogP contribution in [0.15, 0.2) is 42.5 Å². The molecule has 2 aromatic rings. The highest BCUT2D eigenvalue weighted by Gasteiger charge is 2.43. The number of alkyl halides is 3. The molecule has 2 nitrogen and oxygen atoms in total. The number of ether oxygens (including phenoxy) is 1. The van der Waals surface area contributed by atoms with Crippen molar-refractivity contribution in [2.24, 2.45) is 11.8 Å². The summed E-state index contributed by atoms with van der Waals surface area (Å²) < 4.78 is 44.4. The van der Waals surface area contributed by atoms with E-state index in [2.05, 4.69) is 11.0 Å². The third kappa shape index (κ3) is 4.09. The Kier molecular flexibility index (Phi) is 5.49. The fourth-order valence-electron chi connectivity index (χ4n) is 6.29. The van der Waals surface area contributed by atoms with Gasteiger partial charge < -0.3 is 9.64 Å². The van der Waals surface area contributed by atoms with Crippen LogP contribution < -0.4 is 4.74 Å². The lowest BCUT2D eigenvalue weighted by Gasteiger charge is -2.40. The summed E-state index contributed by atoms with van der Waals surface area (Å²) in [6.07, 6.45) is 3.59. The molecule has 0 spiro atoms. The van der Waals surface area contributed by atoms with Gasteiger partial charge in [0.2, 0.25) is 0 Å². The van der Waals surface area contributed by atoms with Crippen molar-refractivity contribution in [3.63, 3.8) is 0 Å². The molecule has 2 aromatic carbocycles. The first kappa shape index (κ1) is 20.9. The Hall–Kier alpha value is -2.01. The van der Waals surface area contributed by atoms with Gasteiger partial charge in [-0.25, -0.2) is 0 Å². The second kappa shape index (κ2) is 8.16. The number of benzene rings is 2. The number of piperidine rings is 1. The van der Waals surface area contributed by atoms with Crippen LogP contribution in [-0.2, 0) is 6.18 Å². The third-order valence-electron chi connectivity index (χ3n) is 7.91. The summed E-state index contributed by atoms with van der Waals surface area (Å²) >= 11 is 0. The lowest BCUT2D eigenvalue weighted by Crippen LogP contribution is -2.43. The monoisotopic (exact) mass is 429 g/mol. The highest BCUT2D eigenvalue weighted by molar-refractivity contribution is 5.66. The molecule has 3 fully saturated rings. The predicted molar refractivity (Wildman–Crippen MR) is 116 cm³/mol. The number of rotatable bonds is 4. The average Bonchev–Trinajstić information content (AvgIpc) is 3.42. The largest absolute Gasteiger partial charge is 0.496 e. The number of fused-ring (bicyclic) bond motifs is 2. The minimum absolute atomic E-state index is 0.430. The van der Waals surface area contributed by atoms with Crippen LogP contribution in [0.4, 0.5) is 13.2 Å². The van der Waals surface area contributed by atoms with Crippen molar-refractivity contribution < 1.29 is 17.9 Å². The van der Waals surface area contributed by atoms with Gasteiger partial charge in [-0.3, -0.25) is 0 Å². The van der Waals surface area contributed by atoms with Crippen LogP contribution in [0.5, 0.6) is 5.75 Å². The summed E-state index contributed by atoms with van der Waals surface area (Å²) in [4.78, 5) is 2.73. The van der Waals surface area contributed by atoms with E-state index in [4.69, 9.17) is 4.74 Å². The van der Waals surface area contributed by atoms with Crippen molar-refractivity contribution in [1.29, 1.82) is 0 Å². The summed E-state index contributed by atoms with van der Waals surface area (Å²) in [7, 11) is 1.70. The average molecular weight is 430 g/mol. The van der Waals surface area contributed by atoms with Crippen LogP contribution in [0.1, 0.15) is 55.6 Å². The summed E-state index contributed by atoms with van der Waals surface area (Å²) in [5.74, 6) is 3.19. The van der Waals surface area contributed by atoms with Gasteiger partial charge in [-0.05, 0) is 104 Å². The van der Waals surface area contributed by atoms with Crippen molar-refractivity contribution in [2.45, 2.75) is 56.7 Å². The zero-order valence-electron chi connectivity index (χ0n) is 18.0. The molecule has 0 radical (unpaired) electrons. The van der Waals surface area contributed by atoms with Gasteiger partial charge in [0.15, 0.2) is 0 Å². The Morgan fingerprint density at radius 2 is 1.58 bits per heavy atom. The van der Waals surface area contributed by atoms with E-state index in [-0.39, 0.29) is 0 Å². The molecule has 1 heterocycles. The number of likely N-dealkylation sites (tertiary alicyclic amines) is 1. The van der Waals surface area contributed by atoms with Gasteiger partial charge in [0.05, 0.1) is 12.7 Å². The lowest BCUT2D eigenvalue weighted by molar-refractivity contribution is -0.137. The Bertz CT molecular complexity index is 915. The highest BCUT2D eigenvalue weighted by Crippen LogP contribution is 2.48. The molecule has 0 amide bonds. The molecule has 3 atom stereocenters. The normalized spacial score (nSPS) is 27.0. The van der Waals surface area contributed by atoms with Gasteiger partial charge in [-0.2, -0.15) is 13.2 Å². The number of methoxy groups -OCH3 is 1. The first-order chi connectivity index (χ1) is 14.9. The van der Waals surface area contributed by atoms with Gasteiger partial charge in [0, 0.05) is 6.04 Å². The maximum absolute atomic E-state index is 12.9. The second-order valence-electron chi connectivity index (χ2n) is 9.58. The highest BCUT2D eigenvalue weighted by atomic mass is 19.4. The molecule has 1 aliphatic heterocycles. The number of hydrogen-bond donors (Lipinski definition) is 0. The van der Waals surface area contributed by atoms with E-state index in [1.807, 2.05) is 12.1 Å². The van der Waals surface area contributed by atoms with Crippen molar-refractivity contribution >= 4 is 0 Å². The van der Waals surface area contributed by atoms with Gasteiger partial charge >= 0.3 is 6.18 Å². The molecule has 2 saturated carbocycles. The summed E-state index contributed by atoms with van der Waals surface area (Å²) in [6, 6.07) is 12.3. The van der Waals surface area contributed by atoms with E-state index >= 15 is 0 Å². The predicted octanol–water partition coefficient (Wildman–Crippen LogP) is 6.75. The van der Waals surface area contributed by atoms with Crippen molar-refractivity contribution in [3.05, 3.63) is 53.6 Å². The maximum Gasteiger partial charge on any atom is 0.416 e. The first-order valence-electron chi connectivity index (χ1n) is 11.5. The van der Waals surface area contributed by atoms with Gasteiger partial charge in [0.25, 0.3) is 0 Å². The van der Waals surface area contributed by atoms with Crippen LogP contribution in [0.3, 0.4) is 0 Å². The number of nitrogens with zero attached hydrogens (tertiary/aromatic N) is 1. The van der Waals surface area contributed by atoms with Gasteiger partial charge in [-0.15, -0.1) is 0 Å². The van der Waals surface area contributed by atoms with E-state index in [0.717, 1.165) is 72.8 Å². The lowest BCUT2D eigenvalue weighted by atomic mass is 9.85. The fourth-order valence-corrected chi connectivity index (χ4v) is 6.29. The molecule has 2 bridgehead atoms. The zero-order valence-corrected chi connectivity index (χ0v) is 18.0. The topological polar surface area (TPSA) is 12.5 Å². The van der Waals surface area contributed by atoms with Crippen molar-refractivity contribution in [3.8, 4) is 16.9 Å². The SMILES string of the molecule is COc1ccc(-c2ccc(C(F)(F)F)cc2)cc1C1CCN([C@H]2C[C@H]3CC[C@H]2C3)CC1. The first-order valence-corrected chi connectivity index (χ1v) is 11.5. The Labute approximate surface area is 182 Å². The Morgan fingerprint density at radius 3 is 2.16 bits per heavy atom. The summed E-state index contributed by atoms with van der Waals surface area (Å²) in [6.45, 7) is 2.26. The Morgan fingerprint density at radius 1 is 0.871 bits per heavy atom. The molecular weight excluding hydrogens is 399 g/mol. The molecule has 31 heavy (non-hydrogen) atoms. The van der Waals surface area contributed by atoms with E-state index in [0.29, 0.717) is 5.92 Å². The molecule has 166 valence electrons. The number of hydrogen-bond acceptors (Lipinski definition) is 2. The Balaban J connectivity index is 1.32. The molecule has 0 aromatic heterocycles. The van der Waals surface area contributed by atoms with Crippen LogP contribution >= 0.6 is 0 Å². The van der Waals surface area contributed by atoms with Crippen LogP contribution in [0.2, 0.25) is 0 Å². The number of halogens is 3. The molecule has 0 unspecified atom stereocenters. The standard InChI is InChI=1S/C26H30F3NO/c1-31-25-9-6-20(18-4-7-22(8-5-18)26(27,28)29)16-23(25)19-10-12-30(13-11-19)24-15-17-2-3-21(24)14-17/h4-9,16-17,19,21,24H,2-3,10-15H2,1H3/t17-,21-,24-/m0/s1. The molecule has 5 rings (SSSR count). The van der Waals surface area contributed by atoms with Crippen molar-refractivity contribution in [1.82, 2.24) is 4.90 Å². The summed E-state index contributed by atoms with van der Waals surface area (Å²) in [5.41, 5.74) is 2.32. The van der Waals surface area contributed by atoms with Crippen LogP contribution in [0, 0.1) is 11.8 Å². The smallest absolute Gasteiger partial charge is 0.416 e. The molecule has 0 N–H and O–H groups in total. The minimum atomic E-state index is -4.31. The molecule has 1 saturated heterocycles. The van der Waals surface area contributed by atoms with E-state index in [1.54, 1.807) is 19.2 Å². The fraction of sp³-hybridized carbons (Fsp3) is 0.538. The van der Waals surface area contributed by atoms with Gasteiger partial charge in [0.1, 0.15) is 5.75 Å². The third-order valence-corrected chi connectivity index (χ3v) is 7.91. The van der Waals surface area contributed by atoms with Crippen molar-refractivity contribution in [2.75, 3.05) is 20.2 Å². The molecule has 5 heteroatoms. The maximum atomic E-state index is 12.9. The van der Waals surface area contributed by atoms with E-state index in [1.165, 1.54) is 31.2 Å². The van der Waals surface area contributed by atoms with E-state index < -0.39 is 11.7 Å². The van der Waals surface area contributed by atoms with E-state index in [9.17, 15) is 13.2 Å². The zero-order chi connectivity index (χ0) is 21.6. The van der Waals surface area contributed by atoms with Crippen LogP contribution in [-0.4, -0.2) is 31.1 Å².